The molecule has 4 saturated carbocycles. The number of carboxylic acids is 1. The molecule has 7 unspecified atom stereocenters. The molecule has 6 rings (SSSR count). The Balaban J connectivity index is 1.32. The zero-order valence-electron chi connectivity index (χ0n) is 28.5. The molecule has 0 bridgehead atoms. The molecule has 1 saturated heterocycles. The lowest BCUT2D eigenvalue weighted by atomic mass is 9.33. The molecule has 0 amide bonds. The summed E-state index contributed by atoms with van der Waals surface area (Å²) in [4.78, 5) is 12.9. The molecule has 14 atom stereocenters. The topological polar surface area (TPSA) is 127 Å². The molecular formula is C37H60O7. The Hall–Kier alpha value is -0.990. The van der Waals surface area contributed by atoms with Crippen molar-refractivity contribution in [2.45, 2.75) is 156 Å². The van der Waals surface area contributed by atoms with Gasteiger partial charge in [0.15, 0.2) is 0 Å². The van der Waals surface area contributed by atoms with Crippen LogP contribution in [-0.2, 0) is 9.53 Å². The second-order valence-electron chi connectivity index (χ2n) is 18.4. The number of hydrogen-bond donors (Lipinski definition) is 5. The molecule has 6 aliphatic rings. The molecule has 1 aliphatic heterocycles. The molecule has 7 heteroatoms. The average Bonchev–Trinajstić information content (AvgIpc) is 2.93. The number of ether oxygens (including phenoxy) is 1. The largest absolute Gasteiger partial charge is 0.481 e. The number of aliphatic carboxylic acids is 1. The van der Waals surface area contributed by atoms with Gasteiger partial charge in [-0.25, -0.2) is 0 Å². The Morgan fingerprint density at radius 1 is 0.864 bits per heavy atom. The maximum Gasteiger partial charge on any atom is 0.310 e. The molecular weight excluding hydrogens is 556 g/mol. The van der Waals surface area contributed by atoms with Gasteiger partial charge in [-0.2, -0.15) is 0 Å². The third kappa shape index (κ3) is 4.27. The number of carboxylic acid groups (broad SMARTS) is 1. The molecule has 0 aromatic carbocycles. The molecule has 5 fully saturated rings. The van der Waals surface area contributed by atoms with Crippen LogP contribution < -0.4 is 0 Å². The first-order chi connectivity index (χ1) is 20.3. The molecule has 44 heavy (non-hydrogen) atoms. The number of carbonyl (C=O) groups is 1. The van der Waals surface area contributed by atoms with Crippen molar-refractivity contribution in [2.75, 3.05) is 0 Å². The SMILES string of the molecule is CC1O[C@@H](C(O)[C@@H]2CC[C@@]3(C)C(CC[C@]4(C)C3CC=C3C5CC(C)(C)CC[C@]5(C(=O)O)CC[C@]34C)C2(C)C)C(O)C(O)[C@@H]1O. The fourth-order valence-electron chi connectivity index (χ4n) is 12.9. The van der Waals surface area contributed by atoms with Crippen molar-refractivity contribution < 1.29 is 35.1 Å². The smallest absolute Gasteiger partial charge is 0.310 e. The van der Waals surface area contributed by atoms with Gasteiger partial charge in [-0.3, -0.25) is 4.79 Å². The van der Waals surface area contributed by atoms with Crippen molar-refractivity contribution in [1.29, 1.82) is 0 Å². The van der Waals surface area contributed by atoms with Crippen molar-refractivity contribution in [2.24, 2.45) is 56.2 Å². The predicted octanol–water partition coefficient (Wildman–Crippen LogP) is 5.72. The van der Waals surface area contributed by atoms with Gasteiger partial charge in [0.2, 0.25) is 0 Å². The van der Waals surface area contributed by atoms with Gasteiger partial charge in [-0.05, 0) is 122 Å². The van der Waals surface area contributed by atoms with Crippen LogP contribution in [0.3, 0.4) is 0 Å². The van der Waals surface area contributed by atoms with E-state index in [0.717, 1.165) is 64.2 Å². The van der Waals surface area contributed by atoms with E-state index < -0.39 is 48.0 Å². The van der Waals surface area contributed by atoms with Crippen molar-refractivity contribution in [3.8, 4) is 0 Å². The van der Waals surface area contributed by atoms with E-state index in [1.807, 2.05) is 0 Å². The van der Waals surface area contributed by atoms with Crippen molar-refractivity contribution in [3.63, 3.8) is 0 Å². The van der Waals surface area contributed by atoms with Crippen LogP contribution in [0.2, 0.25) is 0 Å². The molecule has 0 spiro atoms. The number of hydrogen-bond acceptors (Lipinski definition) is 6. The maximum atomic E-state index is 12.9. The first-order valence-corrected chi connectivity index (χ1v) is 17.6. The van der Waals surface area contributed by atoms with Crippen LogP contribution in [-0.4, -0.2) is 68.1 Å². The molecule has 7 nitrogen and oxygen atoms in total. The third-order valence-corrected chi connectivity index (χ3v) is 15.8. The second-order valence-corrected chi connectivity index (χ2v) is 18.4. The van der Waals surface area contributed by atoms with Crippen LogP contribution in [0, 0.1) is 56.2 Å². The Kier molecular flexibility index (Phi) is 7.67. The number of allylic oxidation sites excluding steroid dienone is 2. The minimum absolute atomic E-state index is 0.0331. The fraction of sp³-hybridized carbons (Fsp3) is 0.919. The minimum atomic E-state index is -1.35. The van der Waals surface area contributed by atoms with E-state index in [9.17, 15) is 30.3 Å². The summed E-state index contributed by atoms with van der Waals surface area (Å²) in [5.74, 6) is 0.225. The van der Waals surface area contributed by atoms with E-state index in [1.165, 1.54) is 5.57 Å². The van der Waals surface area contributed by atoms with Crippen LogP contribution in [0.1, 0.15) is 120 Å². The lowest BCUT2D eigenvalue weighted by Crippen LogP contribution is -2.66. The fourth-order valence-corrected chi connectivity index (χ4v) is 12.9. The van der Waals surface area contributed by atoms with E-state index in [1.54, 1.807) is 6.92 Å². The van der Waals surface area contributed by atoms with Gasteiger partial charge >= 0.3 is 5.97 Å². The van der Waals surface area contributed by atoms with E-state index in [0.29, 0.717) is 11.8 Å². The summed E-state index contributed by atoms with van der Waals surface area (Å²) >= 11 is 0. The second kappa shape index (κ2) is 10.3. The Morgan fingerprint density at radius 2 is 1.52 bits per heavy atom. The van der Waals surface area contributed by atoms with Gasteiger partial charge in [-0.15, -0.1) is 0 Å². The average molecular weight is 617 g/mol. The van der Waals surface area contributed by atoms with Crippen LogP contribution in [0.15, 0.2) is 11.6 Å². The van der Waals surface area contributed by atoms with Crippen molar-refractivity contribution in [3.05, 3.63) is 11.6 Å². The summed E-state index contributed by atoms with van der Waals surface area (Å²) in [6.45, 7) is 18.4. The third-order valence-electron chi connectivity index (χ3n) is 15.8. The molecule has 250 valence electrons. The first-order valence-electron chi connectivity index (χ1n) is 17.6. The van der Waals surface area contributed by atoms with E-state index in [2.05, 4.69) is 54.5 Å². The Morgan fingerprint density at radius 3 is 2.18 bits per heavy atom. The first kappa shape index (κ1) is 32.9. The highest BCUT2D eigenvalue weighted by Gasteiger charge is 2.69. The van der Waals surface area contributed by atoms with Gasteiger partial charge in [0, 0.05) is 0 Å². The van der Waals surface area contributed by atoms with Crippen LogP contribution in [0.25, 0.3) is 0 Å². The van der Waals surface area contributed by atoms with Crippen molar-refractivity contribution in [1.82, 2.24) is 0 Å². The number of aliphatic hydroxyl groups excluding tert-OH is 4. The van der Waals surface area contributed by atoms with Gasteiger partial charge in [-0.1, -0.05) is 60.1 Å². The Bertz CT molecular complexity index is 1190. The minimum Gasteiger partial charge on any atom is -0.481 e. The van der Waals surface area contributed by atoms with Gasteiger partial charge < -0.3 is 30.3 Å². The van der Waals surface area contributed by atoms with E-state index >= 15 is 0 Å². The number of fused-ring (bicyclic) bond motifs is 7. The highest BCUT2D eigenvalue weighted by molar-refractivity contribution is 5.76. The summed E-state index contributed by atoms with van der Waals surface area (Å²) in [6.07, 6.45) is 5.37. The lowest BCUT2D eigenvalue weighted by Gasteiger charge is -2.71. The number of rotatable bonds is 3. The number of aliphatic hydroxyl groups is 4. The van der Waals surface area contributed by atoms with Gasteiger partial charge in [0.1, 0.15) is 24.4 Å². The zero-order valence-corrected chi connectivity index (χ0v) is 28.5. The summed E-state index contributed by atoms with van der Waals surface area (Å²) in [5.41, 5.74) is 0.817. The summed E-state index contributed by atoms with van der Waals surface area (Å²) in [5, 5.41) is 54.0. The molecule has 5 aliphatic carbocycles. The molecule has 0 radical (unpaired) electrons. The predicted molar refractivity (Wildman–Crippen MR) is 169 cm³/mol. The molecule has 0 aromatic heterocycles. The summed E-state index contributed by atoms with van der Waals surface area (Å²) in [7, 11) is 0. The van der Waals surface area contributed by atoms with E-state index in [-0.39, 0.29) is 38.9 Å². The van der Waals surface area contributed by atoms with Crippen LogP contribution in [0.4, 0.5) is 0 Å². The van der Waals surface area contributed by atoms with Gasteiger partial charge in [0.05, 0.1) is 17.6 Å². The molecule has 0 aromatic rings. The van der Waals surface area contributed by atoms with Crippen LogP contribution in [0.5, 0.6) is 0 Å². The molecule has 1 heterocycles. The highest BCUT2D eigenvalue weighted by Crippen LogP contribution is 2.76. The lowest BCUT2D eigenvalue weighted by molar-refractivity contribution is -0.260. The quantitative estimate of drug-likeness (QED) is 0.257. The normalized spacial score (nSPS) is 53.6. The monoisotopic (exact) mass is 616 g/mol. The van der Waals surface area contributed by atoms with Crippen LogP contribution >= 0.6 is 0 Å². The van der Waals surface area contributed by atoms with Crippen molar-refractivity contribution >= 4 is 5.97 Å². The zero-order chi connectivity index (χ0) is 32.4. The Labute approximate surface area is 264 Å². The standard InChI is InChI=1S/C37H60O7/c1-20-26(38)28(40)29(41)30(44-20)27(39)22-11-13-34(6)24(33(22,4)5)12-14-36(8)25(34)10-9-21-23-19-32(2,3)15-17-37(23,31(42)43)18-16-35(21,36)7/h9,20,22-30,38-41H,10-19H2,1-8H3,(H,42,43)/t20?,22-,23?,24?,25?,26+,27?,28?,29?,30-,34-,35+,36+,37-/m0/s1. The van der Waals surface area contributed by atoms with E-state index in [4.69, 9.17) is 4.74 Å². The van der Waals surface area contributed by atoms with Gasteiger partial charge in [0.25, 0.3) is 0 Å². The highest BCUT2D eigenvalue weighted by atomic mass is 16.5. The summed E-state index contributed by atoms with van der Waals surface area (Å²) < 4.78 is 5.95. The molecule has 5 N–H and O–H groups in total. The summed E-state index contributed by atoms with van der Waals surface area (Å²) in [6, 6.07) is 0. The maximum absolute atomic E-state index is 12.9.